The summed E-state index contributed by atoms with van der Waals surface area (Å²) in [4.78, 5) is 12.7. The molecule has 2 saturated carbocycles. The van der Waals surface area contributed by atoms with E-state index in [0.717, 1.165) is 23.5 Å². The van der Waals surface area contributed by atoms with Crippen LogP contribution in [0.15, 0.2) is 18.2 Å². The van der Waals surface area contributed by atoms with Gasteiger partial charge in [0.05, 0.1) is 12.0 Å². The Morgan fingerprint density at radius 3 is 3.00 bits per heavy atom. The number of nitrogens with one attached hydrogen (secondary N) is 1. The summed E-state index contributed by atoms with van der Waals surface area (Å²) in [6.07, 6.45) is 4.79. The van der Waals surface area contributed by atoms with E-state index in [-0.39, 0.29) is 47.8 Å². The molecule has 0 unspecified atom stereocenters. The van der Waals surface area contributed by atoms with Gasteiger partial charge >= 0.3 is 5.97 Å². The van der Waals surface area contributed by atoms with E-state index in [2.05, 4.69) is 19.2 Å². The molecule has 1 N–H and O–H groups in total. The Kier molecular flexibility index (Phi) is 3.80. The first-order valence-electron chi connectivity index (χ1n) is 11.0. The summed E-state index contributed by atoms with van der Waals surface area (Å²) in [7, 11) is 0. The Hall–Kier alpha value is -1.79. The normalized spacial score (nSPS) is 43.9. The summed E-state index contributed by atoms with van der Waals surface area (Å²) < 4.78 is 23.2. The molecule has 0 bridgehead atoms. The Bertz CT molecular complexity index is 858. The zero-order valence-corrected chi connectivity index (χ0v) is 17.1. The van der Waals surface area contributed by atoms with E-state index in [1.165, 1.54) is 19.3 Å². The van der Waals surface area contributed by atoms with Crippen molar-refractivity contribution in [2.45, 2.75) is 63.9 Å². The fourth-order valence-electron chi connectivity index (χ4n) is 6.89. The second kappa shape index (κ2) is 6.11. The molecule has 6 rings (SSSR count). The molecule has 3 heterocycles. The van der Waals surface area contributed by atoms with E-state index >= 15 is 0 Å². The largest absolute Gasteiger partial charge is 0.462 e. The number of benzene rings is 1. The Labute approximate surface area is 171 Å². The molecule has 0 amide bonds. The van der Waals surface area contributed by atoms with Crippen molar-refractivity contribution < 1.29 is 23.7 Å². The molecule has 7 atom stereocenters. The lowest BCUT2D eigenvalue weighted by atomic mass is 9.53. The van der Waals surface area contributed by atoms with Gasteiger partial charge < -0.3 is 24.3 Å². The number of ether oxygens (including phenoxy) is 4. The monoisotopic (exact) mass is 399 g/mol. The van der Waals surface area contributed by atoms with Crippen LogP contribution in [0, 0.1) is 23.2 Å². The minimum absolute atomic E-state index is 0.00997. The van der Waals surface area contributed by atoms with Crippen molar-refractivity contribution in [1.82, 2.24) is 5.32 Å². The predicted octanol–water partition coefficient (Wildman–Crippen LogP) is 3.03. The number of epoxide rings is 1. The van der Waals surface area contributed by atoms with Crippen LogP contribution in [0.4, 0.5) is 0 Å². The average molecular weight is 399 g/mol. The van der Waals surface area contributed by atoms with E-state index < -0.39 is 0 Å². The van der Waals surface area contributed by atoms with E-state index in [9.17, 15) is 4.79 Å². The molecule has 1 aromatic carbocycles. The Morgan fingerprint density at radius 1 is 1.24 bits per heavy atom. The average Bonchev–Trinajstić information content (AvgIpc) is 3.15. The van der Waals surface area contributed by atoms with Gasteiger partial charge in [-0.25, -0.2) is 0 Å². The predicted molar refractivity (Wildman–Crippen MR) is 104 cm³/mol. The third-order valence-corrected chi connectivity index (χ3v) is 8.32. The topological polar surface area (TPSA) is 69.3 Å². The lowest BCUT2D eigenvalue weighted by Gasteiger charge is -2.48. The van der Waals surface area contributed by atoms with Gasteiger partial charge in [-0.05, 0) is 42.9 Å². The number of rotatable bonds is 4. The molecule has 2 saturated heterocycles. The van der Waals surface area contributed by atoms with Crippen molar-refractivity contribution in [3.63, 3.8) is 0 Å². The number of hydrogen-bond donors (Lipinski definition) is 1. The molecular weight excluding hydrogens is 370 g/mol. The maximum Gasteiger partial charge on any atom is 0.311 e. The molecule has 0 radical (unpaired) electrons. The van der Waals surface area contributed by atoms with Gasteiger partial charge in [-0.1, -0.05) is 26.3 Å². The lowest BCUT2D eigenvalue weighted by molar-refractivity contribution is -0.146. The quantitative estimate of drug-likeness (QED) is 0.620. The van der Waals surface area contributed by atoms with Crippen molar-refractivity contribution in [2.24, 2.45) is 23.2 Å². The molecular formula is C23H29NO5. The van der Waals surface area contributed by atoms with Crippen LogP contribution >= 0.6 is 0 Å². The van der Waals surface area contributed by atoms with Crippen LogP contribution in [0.1, 0.15) is 45.1 Å². The first kappa shape index (κ1) is 18.0. The number of carbonyl (C=O) groups excluding carboxylic acids is 1. The maximum atomic E-state index is 12.7. The zero-order chi connectivity index (χ0) is 19.8. The first-order chi connectivity index (χ1) is 14.0. The molecule has 0 aromatic heterocycles. The maximum absolute atomic E-state index is 12.7. The summed E-state index contributed by atoms with van der Waals surface area (Å²) in [6.45, 7) is 6.28. The fourth-order valence-corrected chi connectivity index (χ4v) is 6.89. The minimum Gasteiger partial charge on any atom is -0.462 e. The molecule has 5 aliphatic rings. The molecule has 29 heavy (non-hydrogen) atoms. The molecule has 156 valence electrons. The number of hydrogen-bond acceptors (Lipinski definition) is 6. The highest BCUT2D eigenvalue weighted by Gasteiger charge is 2.78. The number of esters is 1. The van der Waals surface area contributed by atoms with Gasteiger partial charge in [0.2, 0.25) is 6.79 Å². The van der Waals surface area contributed by atoms with E-state index in [1.54, 1.807) is 0 Å². The van der Waals surface area contributed by atoms with Gasteiger partial charge in [0.1, 0.15) is 11.7 Å². The second-order valence-corrected chi connectivity index (χ2v) is 9.87. The van der Waals surface area contributed by atoms with Gasteiger partial charge in [0.25, 0.3) is 0 Å². The van der Waals surface area contributed by atoms with E-state index in [1.807, 2.05) is 18.2 Å². The van der Waals surface area contributed by atoms with Crippen molar-refractivity contribution >= 4 is 5.97 Å². The standard InChI is InChI=1S/C23H29NO5/c1-13-4-3-7-22(2)9-18-19(20-23(13,22)29-20)15(21(25)28-18)11-24-10-14-5-6-16-17(8-14)27-12-26-16/h5-6,8,13,15,18-20,24H,3-4,7,9-12H2,1-2H3/t13-,15-,18+,19+,20-,22+,23-/m0/s1. The SMILES string of the molecule is C[C@H]1CCC[C@]2(C)C[C@H]3OC(=O)[C@@H](CNCc4ccc5c(c4)OCO5)[C@H]3[C@@H]3O[C@@]132. The van der Waals surface area contributed by atoms with Crippen LogP contribution in [0.2, 0.25) is 0 Å². The van der Waals surface area contributed by atoms with Gasteiger partial charge in [-0.2, -0.15) is 0 Å². The van der Waals surface area contributed by atoms with Crippen LogP contribution in [0.5, 0.6) is 11.5 Å². The first-order valence-corrected chi connectivity index (χ1v) is 11.0. The smallest absolute Gasteiger partial charge is 0.311 e. The Balaban J connectivity index is 1.16. The summed E-state index contributed by atoms with van der Waals surface area (Å²) >= 11 is 0. The zero-order valence-electron chi connectivity index (χ0n) is 17.1. The number of carbonyl (C=O) groups is 1. The van der Waals surface area contributed by atoms with Crippen LogP contribution in [-0.4, -0.2) is 37.1 Å². The molecule has 2 aliphatic carbocycles. The highest BCUT2D eigenvalue weighted by molar-refractivity contribution is 5.76. The lowest BCUT2D eigenvalue weighted by Crippen LogP contribution is -2.54. The fraction of sp³-hybridized carbons (Fsp3) is 0.696. The summed E-state index contributed by atoms with van der Waals surface area (Å²) in [6, 6.07) is 5.97. The molecule has 1 aromatic rings. The number of fused-ring (bicyclic) bond motifs is 3. The highest BCUT2D eigenvalue weighted by Crippen LogP contribution is 2.70. The molecule has 1 spiro atoms. The van der Waals surface area contributed by atoms with Crippen LogP contribution in [-0.2, 0) is 20.8 Å². The van der Waals surface area contributed by atoms with Crippen molar-refractivity contribution in [2.75, 3.05) is 13.3 Å². The summed E-state index contributed by atoms with van der Waals surface area (Å²) in [5.74, 6) is 2.14. The highest BCUT2D eigenvalue weighted by atomic mass is 16.7. The van der Waals surface area contributed by atoms with Crippen LogP contribution < -0.4 is 14.8 Å². The molecule has 6 heteroatoms. The minimum atomic E-state index is -0.128. The summed E-state index contributed by atoms with van der Waals surface area (Å²) in [5, 5.41) is 3.48. The van der Waals surface area contributed by atoms with E-state index in [0.29, 0.717) is 19.0 Å². The van der Waals surface area contributed by atoms with Gasteiger partial charge in [-0.3, -0.25) is 4.79 Å². The van der Waals surface area contributed by atoms with Gasteiger partial charge in [-0.15, -0.1) is 0 Å². The second-order valence-electron chi connectivity index (χ2n) is 9.87. The third-order valence-electron chi connectivity index (χ3n) is 8.32. The third kappa shape index (κ3) is 2.45. The van der Waals surface area contributed by atoms with Gasteiger partial charge in [0.15, 0.2) is 11.5 Å². The Morgan fingerprint density at radius 2 is 2.10 bits per heavy atom. The van der Waals surface area contributed by atoms with E-state index in [4.69, 9.17) is 18.9 Å². The van der Waals surface area contributed by atoms with Crippen LogP contribution in [0.3, 0.4) is 0 Å². The van der Waals surface area contributed by atoms with Crippen molar-refractivity contribution in [1.29, 1.82) is 0 Å². The van der Waals surface area contributed by atoms with Crippen molar-refractivity contribution in [3.8, 4) is 11.5 Å². The molecule has 4 fully saturated rings. The van der Waals surface area contributed by atoms with Crippen molar-refractivity contribution in [3.05, 3.63) is 23.8 Å². The summed E-state index contributed by atoms with van der Waals surface area (Å²) in [5.41, 5.74) is 1.23. The van der Waals surface area contributed by atoms with Crippen LogP contribution in [0.25, 0.3) is 0 Å². The molecule has 6 nitrogen and oxygen atoms in total. The van der Waals surface area contributed by atoms with Gasteiger partial charge in [0, 0.05) is 24.4 Å². The molecule has 3 aliphatic heterocycles.